The van der Waals surface area contributed by atoms with Crippen molar-refractivity contribution in [1.82, 2.24) is 4.98 Å². The summed E-state index contributed by atoms with van der Waals surface area (Å²) in [6.45, 7) is -0.264. The van der Waals surface area contributed by atoms with Crippen LogP contribution in [0.1, 0.15) is 0 Å². The molecule has 1 heterocycles. The van der Waals surface area contributed by atoms with E-state index in [2.05, 4.69) is 4.98 Å². The molecule has 1 unspecified atom stereocenters. The molecule has 0 bridgehead atoms. The van der Waals surface area contributed by atoms with Gasteiger partial charge in [0.1, 0.15) is 12.4 Å². The van der Waals surface area contributed by atoms with Gasteiger partial charge >= 0.3 is 5.97 Å². The Hall–Kier alpha value is -2.01. The van der Waals surface area contributed by atoms with Crippen LogP contribution in [0.4, 0.5) is 0 Å². The summed E-state index contributed by atoms with van der Waals surface area (Å²) in [7, 11) is 0. The zero-order valence-electron chi connectivity index (χ0n) is 8.38. The summed E-state index contributed by atoms with van der Waals surface area (Å²) in [5.74, 6) is -0.736. The van der Waals surface area contributed by atoms with Crippen molar-refractivity contribution in [2.75, 3.05) is 6.61 Å². The molecule has 2 rings (SSSR count). The third-order valence-electron chi connectivity index (χ3n) is 2.24. The van der Waals surface area contributed by atoms with E-state index in [1.54, 1.807) is 18.3 Å². The number of carboxylic acids is 1. The van der Waals surface area contributed by atoms with Gasteiger partial charge in [-0.2, -0.15) is 0 Å². The molecule has 0 amide bonds. The lowest BCUT2D eigenvalue weighted by Crippen LogP contribution is -2.26. The van der Waals surface area contributed by atoms with E-state index >= 15 is 0 Å². The minimum Gasteiger partial charge on any atom is -0.490 e. The third kappa shape index (κ3) is 1.99. The molecular formula is C11H11NO4. The lowest BCUT2D eigenvalue weighted by atomic mass is 10.2. The van der Waals surface area contributed by atoms with E-state index in [0.29, 0.717) is 5.75 Å². The lowest BCUT2D eigenvalue weighted by Gasteiger charge is -2.09. The normalized spacial score (nSPS) is 12.6. The first-order valence-corrected chi connectivity index (χ1v) is 4.78. The van der Waals surface area contributed by atoms with Gasteiger partial charge in [-0.3, -0.25) is 0 Å². The van der Waals surface area contributed by atoms with Gasteiger partial charge in [0, 0.05) is 17.1 Å². The molecule has 0 spiro atoms. The Kier molecular flexibility index (Phi) is 2.78. The number of aromatic nitrogens is 1. The fourth-order valence-electron chi connectivity index (χ4n) is 1.42. The largest absolute Gasteiger partial charge is 0.490 e. The Morgan fingerprint density at radius 1 is 1.44 bits per heavy atom. The van der Waals surface area contributed by atoms with Crippen LogP contribution in [-0.2, 0) is 4.79 Å². The minimum absolute atomic E-state index is 0.264. The summed E-state index contributed by atoms with van der Waals surface area (Å²) in [5.41, 5.74) is 0.905. The number of aliphatic hydroxyl groups is 1. The molecule has 16 heavy (non-hydrogen) atoms. The summed E-state index contributed by atoms with van der Waals surface area (Å²) in [4.78, 5) is 13.4. The topological polar surface area (TPSA) is 82.6 Å². The number of hydrogen-bond acceptors (Lipinski definition) is 3. The number of aliphatic carboxylic acids is 1. The van der Waals surface area contributed by atoms with Crippen LogP contribution in [0.25, 0.3) is 10.9 Å². The summed E-state index contributed by atoms with van der Waals surface area (Å²) in [6.07, 6.45) is 0.264. The lowest BCUT2D eigenvalue weighted by molar-refractivity contribution is -0.148. The number of carboxylic acid groups (broad SMARTS) is 1. The van der Waals surface area contributed by atoms with Crippen LogP contribution in [0, 0.1) is 0 Å². The van der Waals surface area contributed by atoms with E-state index in [9.17, 15) is 4.79 Å². The van der Waals surface area contributed by atoms with Crippen LogP contribution in [0.3, 0.4) is 0 Å². The minimum atomic E-state index is -1.51. The van der Waals surface area contributed by atoms with Crippen LogP contribution in [-0.4, -0.2) is 33.9 Å². The molecule has 1 aromatic heterocycles. The quantitative estimate of drug-likeness (QED) is 0.719. The van der Waals surface area contributed by atoms with E-state index in [-0.39, 0.29) is 6.61 Å². The molecule has 2 aromatic rings. The predicted molar refractivity (Wildman–Crippen MR) is 57.4 cm³/mol. The number of rotatable bonds is 4. The molecule has 0 saturated carbocycles. The Morgan fingerprint density at radius 2 is 2.25 bits per heavy atom. The first-order valence-electron chi connectivity index (χ1n) is 4.78. The molecule has 0 aliphatic rings. The summed E-state index contributed by atoms with van der Waals surface area (Å²) in [6, 6.07) is 7.24. The number of fused-ring (bicyclic) bond motifs is 1. The molecule has 1 atom stereocenters. The number of aromatic amines is 1. The van der Waals surface area contributed by atoms with Crippen molar-refractivity contribution >= 4 is 16.9 Å². The van der Waals surface area contributed by atoms with E-state index in [1.807, 2.05) is 12.1 Å². The predicted octanol–water partition coefficient (Wildman–Crippen LogP) is 0.992. The monoisotopic (exact) mass is 221 g/mol. The number of benzene rings is 1. The fourth-order valence-corrected chi connectivity index (χ4v) is 1.42. The van der Waals surface area contributed by atoms with Crippen LogP contribution in [0.5, 0.6) is 5.75 Å². The van der Waals surface area contributed by atoms with Gasteiger partial charge < -0.3 is 19.9 Å². The highest BCUT2D eigenvalue weighted by atomic mass is 16.5. The number of aliphatic hydroxyl groups excluding tert-OH is 1. The molecule has 5 nitrogen and oxygen atoms in total. The molecule has 0 aliphatic heterocycles. The molecule has 0 saturated heterocycles. The van der Waals surface area contributed by atoms with Crippen molar-refractivity contribution in [2.24, 2.45) is 0 Å². The number of H-pyrrole nitrogens is 1. The Labute approximate surface area is 91.3 Å². The second-order valence-electron chi connectivity index (χ2n) is 3.36. The Morgan fingerprint density at radius 3 is 3.00 bits per heavy atom. The summed E-state index contributed by atoms with van der Waals surface area (Å²) >= 11 is 0. The van der Waals surface area contributed by atoms with Gasteiger partial charge in [0.2, 0.25) is 0 Å². The maximum Gasteiger partial charge on any atom is 0.336 e. The smallest absolute Gasteiger partial charge is 0.336 e. The van der Waals surface area contributed by atoms with E-state index < -0.39 is 12.1 Å². The molecule has 1 aromatic carbocycles. The van der Waals surface area contributed by atoms with Crippen molar-refractivity contribution in [3.63, 3.8) is 0 Å². The highest BCUT2D eigenvalue weighted by molar-refractivity contribution is 5.85. The number of carbonyl (C=O) groups is 1. The molecule has 5 heteroatoms. The number of ether oxygens (including phenoxy) is 1. The van der Waals surface area contributed by atoms with Crippen LogP contribution in [0.15, 0.2) is 30.5 Å². The van der Waals surface area contributed by atoms with Crippen LogP contribution in [0.2, 0.25) is 0 Å². The maximum absolute atomic E-state index is 10.4. The number of nitrogens with one attached hydrogen (secondary N) is 1. The van der Waals surface area contributed by atoms with Gasteiger partial charge in [0.05, 0.1) is 0 Å². The number of hydrogen-bond donors (Lipinski definition) is 3. The van der Waals surface area contributed by atoms with E-state index in [0.717, 1.165) is 10.9 Å². The van der Waals surface area contributed by atoms with Crippen LogP contribution < -0.4 is 4.74 Å². The van der Waals surface area contributed by atoms with E-state index in [1.165, 1.54) is 0 Å². The third-order valence-corrected chi connectivity index (χ3v) is 2.24. The molecular weight excluding hydrogens is 210 g/mol. The van der Waals surface area contributed by atoms with Crippen molar-refractivity contribution < 1.29 is 19.7 Å². The zero-order valence-corrected chi connectivity index (χ0v) is 8.38. The Bertz CT molecular complexity index is 505. The van der Waals surface area contributed by atoms with Gasteiger partial charge in [-0.25, -0.2) is 4.79 Å². The van der Waals surface area contributed by atoms with Gasteiger partial charge in [-0.05, 0) is 18.2 Å². The second kappa shape index (κ2) is 4.24. The maximum atomic E-state index is 10.4. The highest BCUT2D eigenvalue weighted by Gasteiger charge is 2.14. The zero-order chi connectivity index (χ0) is 11.5. The highest BCUT2D eigenvalue weighted by Crippen LogP contribution is 2.24. The molecule has 0 radical (unpaired) electrons. The van der Waals surface area contributed by atoms with Crippen LogP contribution >= 0.6 is 0 Å². The SMILES string of the molecule is O=C(O)C(O)COc1cccc2[nH]ccc12. The van der Waals surface area contributed by atoms with E-state index in [4.69, 9.17) is 14.9 Å². The van der Waals surface area contributed by atoms with Crippen molar-refractivity contribution in [2.45, 2.75) is 6.10 Å². The van der Waals surface area contributed by atoms with Crippen molar-refractivity contribution in [3.8, 4) is 5.75 Å². The molecule has 0 fully saturated rings. The standard InChI is InChI=1S/C11H11NO4/c13-9(11(14)15)6-16-10-3-1-2-8-7(10)4-5-12-8/h1-5,9,12-13H,6H2,(H,14,15). The van der Waals surface area contributed by atoms with Gasteiger partial charge in [-0.1, -0.05) is 6.07 Å². The van der Waals surface area contributed by atoms with Gasteiger partial charge in [-0.15, -0.1) is 0 Å². The molecule has 0 aliphatic carbocycles. The van der Waals surface area contributed by atoms with Gasteiger partial charge in [0.15, 0.2) is 6.10 Å². The molecule has 3 N–H and O–H groups in total. The Balaban J connectivity index is 2.15. The van der Waals surface area contributed by atoms with Crippen molar-refractivity contribution in [1.29, 1.82) is 0 Å². The first kappa shape index (κ1) is 10.5. The average molecular weight is 221 g/mol. The summed E-state index contributed by atoms with van der Waals surface area (Å²) < 4.78 is 5.25. The summed E-state index contributed by atoms with van der Waals surface area (Å²) in [5, 5.41) is 18.4. The van der Waals surface area contributed by atoms with Gasteiger partial charge in [0.25, 0.3) is 0 Å². The second-order valence-corrected chi connectivity index (χ2v) is 3.36. The van der Waals surface area contributed by atoms with Crippen molar-refractivity contribution in [3.05, 3.63) is 30.5 Å². The average Bonchev–Trinajstić information content (AvgIpc) is 2.73. The molecule has 84 valence electrons. The fraction of sp³-hybridized carbons (Fsp3) is 0.182. The first-order chi connectivity index (χ1) is 7.68.